The molecule has 1 aliphatic rings. The van der Waals surface area contributed by atoms with Crippen molar-refractivity contribution in [2.24, 2.45) is 5.92 Å². The first kappa shape index (κ1) is 12.9. The Morgan fingerprint density at radius 1 is 1.50 bits per heavy atom. The minimum absolute atomic E-state index is 0.198. The van der Waals surface area contributed by atoms with Gasteiger partial charge >= 0.3 is 6.09 Å². The summed E-state index contributed by atoms with van der Waals surface area (Å²) < 4.78 is 7.43. The van der Waals surface area contributed by atoms with Crippen LogP contribution in [0.2, 0.25) is 0 Å². The molecule has 0 spiro atoms. The first-order valence-corrected chi connectivity index (χ1v) is 6.38. The number of rotatable bonds is 2. The lowest BCUT2D eigenvalue weighted by molar-refractivity contribution is 0.0287. The molecule has 0 aliphatic carbocycles. The summed E-state index contributed by atoms with van der Waals surface area (Å²) in [5.41, 5.74) is -0.417. The molecule has 1 saturated heterocycles. The highest BCUT2D eigenvalue weighted by Crippen LogP contribution is 2.20. The van der Waals surface area contributed by atoms with Gasteiger partial charge in [-0.25, -0.2) is 9.78 Å². The molecule has 2 heterocycles. The Bertz CT molecular complexity index is 395. The number of hydrogen-bond acceptors (Lipinski definition) is 3. The zero-order valence-corrected chi connectivity index (χ0v) is 11.3. The predicted molar refractivity (Wildman–Crippen MR) is 68.1 cm³/mol. The van der Waals surface area contributed by atoms with Gasteiger partial charge in [0.25, 0.3) is 0 Å². The van der Waals surface area contributed by atoms with Crippen LogP contribution in [0.3, 0.4) is 0 Å². The molecule has 0 unspecified atom stereocenters. The van der Waals surface area contributed by atoms with E-state index >= 15 is 0 Å². The second-order valence-corrected chi connectivity index (χ2v) is 5.84. The maximum Gasteiger partial charge on any atom is 0.410 e. The van der Waals surface area contributed by atoms with E-state index in [0.29, 0.717) is 5.92 Å². The van der Waals surface area contributed by atoms with Crippen molar-refractivity contribution in [3.63, 3.8) is 0 Å². The molecular weight excluding hydrogens is 230 g/mol. The molecular formula is C13H21N3O2. The minimum atomic E-state index is -0.417. The maximum absolute atomic E-state index is 11.9. The van der Waals surface area contributed by atoms with E-state index in [4.69, 9.17) is 4.74 Å². The van der Waals surface area contributed by atoms with Gasteiger partial charge in [0.15, 0.2) is 0 Å². The summed E-state index contributed by atoms with van der Waals surface area (Å²) in [5, 5.41) is 0. The number of ether oxygens (including phenoxy) is 1. The van der Waals surface area contributed by atoms with Crippen LogP contribution in [-0.4, -0.2) is 39.2 Å². The number of likely N-dealkylation sites (tertiary alicyclic amines) is 1. The SMILES string of the molecule is CC(C)(C)OC(=O)N1CC[C@@H](Cn2ccnc2)C1. The Morgan fingerprint density at radius 2 is 2.28 bits per heavy atom. The molecule has 1 fully saturated rings. The molecule has 0 radical (unpaired) electrons. The van der Waals surface area contributed by atoms with E-state index in [0.717, 1.165) is 26.1 Å². The maximum atomic E-state index is 11.9. The average Bonchev–Trinajstić information content (AvgIpc) is 2.86. The number of aromatic nitrogens is 2. The van der Waals surface area contributed by atoms with Gasteiger partial charge in [0.2, 0.25) is 0 Å². The van der Waals surface area contributed by atoms with E-state index in [9.17, 15) is 4.79 Å². The van der Waals surface area contributed by atoms with Crippen LogP contribution in [0.25, 0.3) is 0 Å². The summed E-state index contributed by atoms with van der Waals surface area (Å²) in [6, 6.07) is 0. The summed E-state index contributed by atoms with van der Waals surface area (Å²) in [5.74, 6) is 0.492. The molecule has 1 atom stereocenters. The highest BCUT2D eigenvalue weighted by atomic mass is 16.6. The van der Waals surface area contributed by atoms with Gasteiger partial charge in [0, 0.05) is 32.0 Å². The number of nitrogens with zero attached hydrogens (tertiary/aromatic N) is 3. The van der Waals surface area contributed by atoms with Crippen LogP contribution in [0.15, 0.2) is 18.7 Å². The van der Waals surface area contributed by atoms with E-state index < -0.39 is 5.60 Å². The number of hydrogen-bond donors (Lipinski definition) is 0. The average molecular weight is 251 g/mol. The van der Waals surface area contributed by atoms with Crippen LogP contribution >= 0.6 is 0 Å². The van der Waals surface area contributed by atoms with Crippen LogP contribution in [-0.2, 0) is 11.3 Å². The molecule has 0 saturated carbocycles. The first-order chi connectivity index (χ1) is 8.44. The van der Waals surface area contributed by atoms with Gasteiger partial charge in [-0.05, 0) is 33.1 Å². The molecule has 1 amide bonds. The van der Waals surface area contributed by atoms with E-state index in [1.165, 1.54) is 0 Å². The van der Waals surface area contributed by atoms with Gasteiger partial charge in [-0.3, -0.25) is 0 Å². The van der Waals surface area contributed by atoms with Gasteiger partial charge in [0.1, 0.15) is 5.60 Å². The fourth-order valence-corrected chi connectivity index (χ4v) is 2.17. The zero-order chi connectivity index (χ0) is 13.2. The Kier molecular flexibility index (Phi) is 3.59. The lowest BCUT2D eigenvalue weighted by Gasteiger charge is -2.24. The third-order valence-electron chi connectivity index (χ3n) is 2.97. The lowest BCUT2D eigenvalue weighted by atomic mass is 10.1. The van der Waals surface area contributed by atoms with Crippen molar-refractivity contribution in [3.8, 4) is 0 Å². The molecule has 100 valence electrons. The number of carbonyl (C=O) groups excluding carboxylic acids is 1. The van der Waals surface area contributed by atoms with Gasteiger partial charge in [-0.2, -0.15) is 0 Å². The molecule has 1 aliphatic heterocycles. The Labute approximate surface area is 108 Å². The highest BCUT2D eigenvalue weighted by molar-refractivity contribution is 5.68. The molecule has 0 N–H and O–H groups in total. The predicted octanol–water partition coefficient (Wildman–Crippen LogP) is 2.14. The van der Waals surface area contributed by atoms with Crippen molar-refractivity contribution in [1.82, 2.24) is 14.5 Å². The standard InChI is InChI=1S/C13H21N3O2/c1-13(2,3)18-12(17)16-6-4-11(9-16)8-15-7-5-14-10-15/h5,7,10-11H,4,6,8-9H2,1-3H3/t11-/m0/s1. The normalized spacial score (nSPS) is 20.2. The van der Waals surface area contributed by atoms with Crippen LogP contribution in [0.4, 0.5) is 4.79 Å². The largest absolute Gasteiger partial charge is 0.444 e. The lowest BCUT2D eigenvalue weighted by Crippen LogP contribution is -2.35. The van der Waals surface area contributed by atoms with Crippen LogP contribution in [0, 0.1) is 5.92 Å². The summed E-state index contributed by atoms with van der Waals surface area (Å²) in [7, 11) is 0. The van der Waals surface area contributed by atoms with E-state index in [1.54, 1.807) is 11.1 Å². The van der Waals surface area contributed by atoms with Gasteiger partial charge in [-0.15, -0.1) is 0 Å². The van der Waals surface area contributed by atoms with E-state index in [2.05, 4.69) is 9.55 Å². The van der Waals surface area contributed by atoms with E-state index in [-0.39, 0.29) is 6.09 Å². The van der Waals surface area contributed by atoms with Gasteiger partial charge in [-0.1, -0.05) is 0 Å². The molecule has 0 aromatic carbocycles. The summed E-state index contributed by atoms with van der Waals surface area (Å²) >= 11 is 0. The van der Waals surface area contributed by atoms with Crippen molar-refractivity contribution in [2.75, 3.05) is 13.1 Å². The topological polar surface area (TPSA) is 47.4 Å². The van der Waals surface area contributed by atoms with Crippen molar-refractivity contribution in [2.45, 2.75) is 39.3 Å². The minimum Gasteiger partial charge on any atom is -0.444 e. The van der Waals surface area contributed by atoms with Crippen molar-refractivity contribution >= 4 is 6.09 Å². The van der Waals surface area contributed by atoms with Gasteiger partial charge in [0.05, 0.1) is 6.33 Å². The molecule has 5 nitrogen and oxygen atoms in total. The molecule has 5 heteroatoms. The van der Waals surface area contributed by atoms with Gasteiger partial charge < -0.3 is 14.2 Å². The molecule has 2 rings (SSSR count). The third-order valence-corrected chi connectivity index (χ3v) is 2.97. The van der Waals surface area contributed by atoms with Crippen LogP contribution < -0.4 is 0 Å². The molecule has 0 bridgehead atoms. The second-order valence-electron chi connectivity index (χ2n) is 5.84. The number of amides is 1. The van der Waals surface area contributed by atoms with Crippen molar-refractivity contribution in [3.05, 3.63) is 18.7 Å². The zero-order valence-electron chi connectivity index (χ0n) is 11.3. The number of carbonyl (C=O) groups is 1. The van der Waals surface area contributed by atoms with E-state index in [1.807, 2.05) is 33.3 Å². The Balaban J connectivity index is 1.83. The summed E-state index contributed by atoms with van der Waals surface area (Å²) in [4.78, 5) is 17.7. The number of imidazole rings is 1. The molecule has 18 heavy (non-hydrogen) atoms. The summed E-state index contributed by atoms with van der Waals surface area (Å²) in [6.45, 7) is 8.15. The molecule has 1 aromatic rings. The van der Waals surface area contributed by atoms with Crippen LogP contribution in [0.5, 0.6) is 0 Å². The Morgan fingerprint density at radius 3 is 2.89 bits per heavy atom. The van der Waals surface area contributed by atoms with Crippen LogP contribution in [0.1, 0.15) is 27.2 Å². The quantitative estimate of drug-likeness (QED) is 0.809. The van der Waals surface area contributed by atoms with Crippen molar-refractivity contribution < 1.29 is 9.53 Å². The monoisotopic (exact) mass is 251 g/mol. The fourth-order valence-electron chi connectivity index (χ4n) is 2.17. The van der Waals surface area contributed by atoms with Crippen molar-refractivity contribution in [1.29, 1.82) is 0 Å². The highest BCUT2D eigenvalue weighted by Gasteiger charge is 2.29. The second kappa shape index (κ2) is 5.00. The fraction of sp³-hybridized carbons (Fsp3) is 0.692. The first-order valence-electron chi connectivity index (χ1n) is 6.38. The Hall–Kier alpha value is -1.52. The summed E-state index contributed by atoms with van der Waals surface area (Å²) in [6.07, 6.45) is 6.38. The smallest absolute Gasteiger partial charge is 0.410 e. The molecule has 1 aromatic heterocycles. The third kappa shape index (κ3) is 3.48.